The lowest BCUT2D eigenvalue weighted by Gasteiger charge is -2.18. The van der Waals surface area contributed by atoms with Crippen molar-refractivity contribution in [3.63, 3.8) is 0 Å². The first-order chi connectivity index (χ1) is 27.1. The van der Waals surface area contributed by atoms with E-state index in [0.29, 0.717) is 25.9 Å². The lowest BCUT2D eigenvalue weighted by Crippen LogP contribution is -2.47. The lowest BCUT2D eigenvalue weighted by atomic mass is 10.1. The van der Waals surface area contributed by atoms with Gasteiger partial charge in [-0.3, -0.25) is 9.59 Å². The van der Waals surface area contributed by atoms with Crippen LogP contribution >= 0.6 is 0 Å². The van der Waals surface area contributed by atoms with E-state index in [-0.39, 0.29) is 38.9 Å². The van der Waals surface area contributed by atoms with Crippen LogP contribution in [0.2, 0.25) is 0 Å². The van der Waals surface area contributed by atoms with E-state index >= 15 is 0 Å². The minimum absolute atomic E-state index is 0.0684. The van der Waals surface area contributed by atoms with Gasteiger partial charge >= 0.3 is 35.9 Å². The molecule has 0 aliphatic rings. The number of esters is 2. The molecule has 0 saturated heterocycles. The number of hydrogen-bond donors (Lipinski definition) is 6. The van der Waals surface area contributed by atoms with Crippen molar-refractivity contribution in [2.45, 2.75) is 206 Å². The first kappa shape index (κ1) is 52.4. The molecule has 0 aliphatic carbocycles. The molecule has 0 heterocycles. The van der Waals surface area contributed by atoms with E-state index in [4.69, 9.17) is 19.7 Å². The van der Waals surface area contributed by atoms with Crippen LogP contribution in [0, 0.1) is 0 Å². The number of rotatable bonds is 39. The van der Waals surface area contributed by atoms with Gasteiger partial charge in [-0.2, -0.15) is 0 Å². The molecule has 4 amide bonds. The van der Waals surface area contributed by atoms with Gasteiger partial charge < -0.3 is 41.0 Å². The van der Waals surface area contributed by atoms with Gasteiger partial charge in [-0.15, -0.1) is 0 Å². The largest absolute Gasteiger partial charge is 0.481 e. The lowest BCUT2D eigenvalue weighted by molar-refractivity contribution is -0.148. The van der Waals surface area contributed by atoms with Gasteiger partial charge in [-0.05, 0) is 38.5 Å². The number of carbonyl (C=O) groups excluding carboxylic acids is 4. The number of aliphatic carboxylic acids is 2. The predicted molar refractivity (Wildman–Crippen MR) is 218 cm³/mol. The monoisotopic (exact) mass is 799 g/mol. The van der Waals surface area contributed by atoms with E-state index in [1.165, 1.54) is 77.0 Å². The zero-order chi connectivity index (χ0) is 41.5. The maximum Gasteiger partial charge on any atom is 0.328 e. The summed E-state index contributed by atoms with van der Waals surface area (Å²) in [5, 5.41) is 28.7. The summed E-state index contributed by atoms with van der Waals surface area (Å²) in [6.07, 6.45) is 25.1. The van der Waals surface area contributed by atoms with E-state index < -0.39 is 48.0 Å². The van der Waals surface area contributed by atoms with E-state index in [2.05, 4.69) is 35.1 Å². The Kier molecular flexibility index (Phi) is 35.9. The van der Waals surface area contributed by atoms with Gasteiger partial charge in [-0.1, -0.05) is 142 Å². The van der Waals surface area contributed by atoms with E-state index in [1.54, 1.807) is 0 Å². The van der Waals surface area contributed by atoms with Crippen molar-refractivity contribution in [3.8, 4) is 0 Å². The number of amides is 4. The fourth-order valence-electron chi connectivity index (χ4n) is 6.19. The summed E-state index contributed by atoms with van der Waals surface area (Å²) in [6, 6.07) is -3.26. The topological polar surface area (TPSA) is 209 Å². The molecule has 2 atom stereocenters. The predicted octanol–water partition coefficient (Wildman–Crippen LogP) is 8.54. The number of carbonyl (C=O) groups is 6. The average Bonchev–Trinajstić information content (AvgIpc) is 3.16. The molecule has 0 spiro atoms. The van der Waals surface area contributed by atoms with E-state index in [1.807, 2.05) is 0 Å². The van der Waals surface area contributed by atoms with Crippen LogP contribution in [0.25, 0.3) is 0 Å². The maximum absolute atomic E-state index is 12.6. The number of hydrogen-bond acceptors (Lipinski definition) is 8. The Morgan fingerprint density at radius 2 is 0.714 bits per heavy atom. The van der Waals surface area contributed by atoms with Gasteiger partial charge in [0.1, 0.15) is 12.1 Å². The van der Waals surface area contributed by atoms with Crippen molar-refractivity contribution in [1.29, 1.82) is 0 Å². The first-order valence-electron chi connectivity index (χ1n) is 22.0. The Balaban J connectivity index is 4.24. The molecule has 0 bridgehead atoms. The number of urea groups is 2. The minimum Gasteiger partial charge on any atom is -0.481 e. The van der Waals surface area contributed by atoms with E-state index in [0.717, 1.165) is 64.2 Å². The summed E-state index contributed by atoms with van der Waals surface area (Å²) in [4.78, 5) is 72.3. The Labute approximate surface area is 337 Å². The second-order valence-electron chi connectivity index (χ2n) is 14.9. The highest BCUT2D eigenvalue weighted by Gasteiger charge is 2.24. The van der Waals surface area contributed by atoms with Gasteiger partial charge in [0.2, 0.25) is 0 Å². The number of nitrogens with one attached hydrogen (secondary N) is 4. The number of unbranched alkanes of at least 4 members (excludes halogenated alkanes) is 21. The fraction of sp³-hybridized carbons (Fsp3) is 0.857. The van der Waals surface area contributed by atoms with Gasteiger partial charge in [0.25, 0.3) is 0 Å². The molecule has 14 heteroatoms. The second kappa shape index (κ2) is 38.3. The van der Waals surface area contributed by atoms with Crippen LogP contribution in [0.4, 0.5) is 9.59 Å². The van der Waals surface area contributed by atoms with Gasteiger partial charge in [0, 0.05) is 25.9 Å². The number of ether oxygens (including phenoxy) is 2. The third-order valence-electron chi connectivity index (χ3n) is 9.63. The fourth-order valence-corrected chi connectivity index (χ4v) is 6.19. The Morgan fingerprint density at radius 3 is 1.02 bits per heavy atom. The van der Waals surface area contributed by atoms with Crippen molar-refractivity contribution >= 4 is 35.9 Å². The van der Waals surface area contributed by atoms with Crippen LogP contribution in [0.1, 0.15) is 194 Å². The molecular formula is C42H78N4O10. The maximum atomic E-state index is 12.6. The highest BCUT2D eigenvalue weighted by Crippen LogP contribution is 2.12. The highest BCUT2D eigenvalue weighted by atomic mass is 16.5. The van der Waals surface area contributed by atoms with Crippen molar-refractivity contribution < 1.29 is 48.5 Å². The quantitative estimate of drug-likeness (QED) is 0.0258. The summed E-state index contributed by atoms with van der Waals surface area (Å²) in [7, 11) is 0. The molecule has 0 aromatic carbocycles. The van der Waals surface area contributed by atoms with Crippen molar-refractivity contribution in [2.24, 2.45) is 0 Å². The van der Waals surface area contributed by atoms with Crippen LogP contribution < -0.4 is 21.3 Å². The minimum atomic E-state index is -1.07. The molecule has 326 valence electrons. The second-order valence-corrected chi connectivity index (χ2v) is 14.9. The Morgan fingerprint density at radius 1 is 0.429 bits per heavy atom. The molecule has 0 saturated carbocycles. The standard InChI is InChI=1S/C42H78N4O10/c1-3-5-7-9-11-13-15-17-21-25-33-55-39(51)35(27-29-37(47)48)45-41(53)43-31-23-19-20-24-32-44-42(54)46-36(28-30-38(49)50)40(52)56-34-26-22-18-16-14-12-10-8-6-4-2/h35-36H,3-34H2,1-2H3,(H,47,48)(H,49,50)(H2,43,45,53)(H2,44,46,54)/t35-,36-/m0/s1. The molecule has 56 heavy (non-hydrogen) atoms. The molecule has 0 fully saturated rings. The summed E-state index contributed by atoms with van der Waals surface area (Å²) in [5.74, 6) is -3.41. The van der Waals surface area contributed by atoms with Crippen LogP contribution in [-0.2, 0) is 28.7 Å². The van der Waals surface area contributed by atoms with Crippen molar-refractivity contribution in [1.82, 2.24) is 21.3 Å². The van der Waals surface area contributed by atoms with Crippen molar-refractivity contribution in [2.75, 3.05) is 26.3 Å². The van der Waals surface area contributed by atoms with Crippen LogP contribution in [0.15, 0.2) is 0 Å². The molecule has 14 nitrogen and oxygen atoms in total. The van der Waals surface area contributed by atoms with Crippen LogP contribution in [0.5, 0.6) is 0 Å². The van der Waals surface area contributed by atoms with E-state index in [9.17, 15) is 28.8 Å². The van der Waals surface area contributed by atoms with Crippen LogP contribution in [-0.4, -0.2) is 84.5 Å². The molecule has 0 aromatic heterocycles. The molecule has 6 N–H and O–H groups in total. The summed E-state index contributed by atoms with van der Waals surface area (Å²) < 4.78 is 10.7. The number of carboxylic acids is 2. The number of carboxylic acid groups (broad SMARTS) is 2. The third kappa shape index (κ3) is 34.9. The SMILES string of the molecule is CCCCCCCCCCCCOC(=O)[C@H](CCC(=O)O)NC(=O)NCCCCCCNC(=O)N[C@@H](CCC(=O)O)C(=O)OCCCCCCCCCCCC. The average molecular weight is 799 g/mol. The zero-order valence-corrected chi connectivity index (χ0v) is 34.9. The summed E-state index contributed by atoms with van der Waals surface area (Å²) in [6.45, 7) is 5.56. The van der Waals surface area contributed by atoms with Crippen molar-refractivity contribution in [3.05, 3.63) is 0 Å². The first-order valence-corrected chi connectivity index (χ1v) is 22.0. The smallest absolute Gasteiger partial charge is 0.328 e. The normalized spacial score (nSPS) is 12.0. The van der Waals surface area contributed by atoms with Gasteiger partial charge in [0.15, 0.2) is 0 Å². The Hall–Kier alpha value is -3.58. The van der Waals surface area contributed by atoms with Gasteiger partial charge in [0.05, 0.1) is 13.2 Å². The molecular weight excluding hydrogens is 720 g/mol. The molecule has 0 aliphatic heterocycles. The third-order valence-corrected chi connectivity index (χ3v) is 9.63. The molecule has 0 radical (unpaired) electrons. The van der Waals surface area contributed by atoms with Gasteiger partial charge in [-0.25, -0.2) is 19.2 Å². The summed E-state index contributed by atoms with van der Waals surface area (Å²) >= 11 is 0. The molecule has 0 unspecified atom stereocenters. The zero-order valence-electron chi connectivity index (χ0n) is 34.9. The summed E-state index contributed by atoms with van der Waals surface area (Å²) in [5.41, 5.74) is 0. The van der Waals surface area contributed by atoms with Crippen LogP contribution in [0.3, 0.4) is 0 Å². The highest BCUT2D eigenvalue weighted by molar-refractivity contribution is 5.84. The Bertz CT molecular complexity index is 965. The molecule has 0 rings (SSSR count). The molecule has 0 aromatic rings.